The first-order valence-corrected chi connectivity index (χ1v) is 5.64. The van der Waals surface area contributed by atoms with Gasteiger partial charge in [-0.25, -0.2) is 0 Å². The number of rotatable bonds is 6. The fraction of sp³-hybridized carbons (Fsp3) is 1.00. The maximum absolute atomic E-state index is 9.47. The summed E-state index contributed by atoms with van der Waals surface area (Å²) in [4.78, 5) is 0. The molecule has 2 nitrogen and oxygen atoms in total. The van der Waals surface area contributed by atoms with E-state index >= 15 is 0 Å². The number of unbranched alkanes of at least 4 members (excludes halogenated alkanes) is 3. The van der Waals surface area contributed by atoms with Crippen molar-refractivity contribution in [2.75, 3.05) is 6.61 Å². The van der Waals surface area contributed by atoms with Crippen molar-refractivity contribution >= 4 is 0 Å². The first-order chi connectivity index (χ1) is 6.34. The van der Waals surface area contributed by atoms with Crippen LogP contribution in [0.4, 0.5) is 0 Å². The summed E-state index contributed by atoms with van der Waals surface area (Å²) >= 11 is 0. The lowest BCUT2D eigenvalue weighted by atomic mass is 10.2. The number of ether oxygens (including phenoxy) is 1. The van der Waals surface area contributed by atoms with Crippen LogP contribution in [0.2, 0.25) is 0 Å². The number of hydrogen-bond donors (Lipinski definition) is 1. The average molecular weight is 186 g/mol. The third-order valence-electron chi connectivity index (χ3n) is 2.75. The largest absolute Gasteiger partial charge is 0.390 e. The summed E-state index contributed by atoms with van der Waals surface area (Å²) in [6.07, 6.45) is 8.04. The molecule has 0 radical (unpaired) electrons. The lowest BCUT2D eigenvalue weighted by Gasteiger charge is -2.15. The molecule has 1 aliphatic carbocycles. The highest BCUT2D eigenvalue weighted by atomic mass is 16.5. The van der Waals surface area contributed by atoms with E-state index < -0.39 is 0 Å². The summed E-state index contributed by atoms with van der Waals surface area (Å²) in [6, 6.07) is 0. The van der Waals surface area contributed by atoms with Gasteiger partial charge in [-0.05, 0) is 25.7 Å². The van der Waals surface area contributed by atoms with Crippen LogP contribution in [0.25, 0.3) is 0 Å². The molecule has 0 aromatic rings. The van der Waals surface area contributed by atoms with Crippen molar-refractivity contribution < 1.29 is 9.84 Å². The second kappa shape index (κ2) is 6.39. The first-order valence-electron chi connectivity index (χ1n) is 5.64. The van der Waals surface area contributed by atoms with Crippen molar-refractivity contribution in [1.29, 1.82) is 0 Å². The van der Waals surface area contributed by atoms with Crippen LogP contribution in [0.5, 0.6) is 0 Å². The van der Waals surface area contributed by atoms with E-state index in [4.69, 9.17) is 4.74 Å². The van der Waals surface area contributed by atoms with Crippen molar-refractivity contribution in [3.63, 3.8) is 0 Å². The number of aliphatic hydroxyl groups is 1. The molecule has 0 aliphatic heterocycles. The van der Waals surface area contributed by atoms with E-state index in [9.17, 15) is 5.11 Å². The van der Waals surface area contributed by atoms with Crippen molar-refractivity contribution in [2.45, 2.75) is 64.1 Å². The van der Waals surface area contributed by atoms with Gasteiger partial charge in [0.15, 0.2) is 0 Å². The lowest BCUT2D eigenvalue weighted by molar-refractivity contribution is -0.0197. The summed E-state index contributed by atoms with van der Waals surface area (Å²) in [6.45, 7) is 3.04. The van der Waals surface area contributed by atoms with Gasteiger partial charge in [0.2, 0.25) is 0 Å². The molecule has 2 heteroatoms. The highest BCUT2D eigenvalue weighted by Gasteiger charge is 2.25. The van der Waals surface area contributed by atoms with E-state index in [0.717, 1.165) is 32.3 Å². The highest BCUT2D eigenvalue weighted by molar-refractivity contribution is 4.76. The number of hydrogen-bond acceptors (Lipinski definition) is 2. The Morgan fingerprint density at radius 2 is 2.08 bits per heavy atom. The van der Waals surface area contributed by atoms with Gasteiger partial charge in [0.05, 0.1) is 12.2 Å². The SMILES string of the molecule is CCCCCCOC1CCCC1O. The Bertz CT molecular complexity index is 125. The molecule has 2 unspecified atom stereocenters. The van der Waals surface area contributed by atoms with Gasteiger partial charge in [0, 0.05) is 6.61 Å². The molecule has 2 atom stereocenters. The molecule has 0 heterocycles. The molecule has 0 amide bonds. The highest BCUT2D eigenvalue weighted by Crippen LogP contribution is 2.21. The molecule has 0 spiro atoms. The smallest absolute Gasteiger partial charge is 0.0833 e. The third-order valence-corrected chi connectivity index (χ3v) is 2.75. The van der Waals surface area contributed by atoms with Crippen LogP contribution >= 0.6 is 0 Å². The van der Waals surface area contributed by atoms with Gasteiger partial charge >= 0.3 is 0 Å². The van der Waals surface area contributed by atoms with Crippen LogP contribution in [-0.2, 0) is 4.74 Å². The molecule has 1 saturated carbocycles. The van der Waals surface area contributed by atoms with Crippen LogP contribution in [0.3, 0.4) is 0 Å². The monoisotopic (exact) mass is 186 g/mol. The Morgan fingerprint density at radius 3 is 2.69 bits per heavy atom. The fourth-order valence-electron chi connectivity index (χ4n) is 1.86. The second-order valence-electron chi connectivity index (χ2n) is 3.97. The van der Waals surface area contributed by atoms with Crippen molar-refractivity contribution in [2.24, 2.45) is 0 Å². The maximum Gasteiger partial charge on any atom is 0.0833 e. The molecular weight excluding hydrogens is 164 g/mol. The molecule has 1 aliphatic rings. The van der Waals surface area contributed by atoms with E-state index in [1.807, 2.05) is 0 Å². The second-order valence-corrected chi connectivity index (χ2v) is 3.97. The Morgan fingerprint density at radius 1 is 1.23 bits per heavy atom. The van der Waals surface area contributed by atoms with E-state index in [1.165, 1.54) is 19.3 Å². The van der Waals surface area contributed by atoms with Gasteiger partial charge in [-0.2, -0.15) is 0 Å². The van der Waals surface area contributed by atoms with Crippen LogP contribution in [0.15, 0.2) is 0 Å². The fourth-order valence-corrected chi connectivity index (χ4v) is 1.86. The molecule has 13 heavy (non-hydrogen) atoms. The standard InChI is InChI=1S/C11H22O2/c1-2-3-4-5-9-13-11-8-6-7-10(11)12/h10-12H,2-9H2,1H3. The van der Waals surface area contributed by atoms with Crippen LogP contribution in [0.1, 0.15) is 51.9 Å². The molecule has 78 valence electrons. The molecular formula is C11H22O2. The Balaban J connectivity index is 1.93. The maximum atomic E-state index is 9.47. The van der Waals surface area contributed by atoms with Crippen LogP contribution in [0, 0.1) is 0 Å². The minimum Gasteiger partial charge on any atom is -0.390 e. The zero-order chi connectivity index (χ0) is 9.52. The van der Waals surface area contributed by atoms with E-state index in [2.05, 4.69) is 6.92 Å². The molecule has 0 bridgehead atoms. The Labute approximate surface area is 81.3 Å². The molecule has 0 saturated heterocycles. The van der Waals surface area contributed by atoms with Gasteiger partial charge in [-0.3, -0.25) is 0 Å². The van der Waals surface area contributed by atoms with Gasteiger partial charge in [-0.1, -0.05) is 26.2 Å². The average Bonchev–Trinajstić information content (AvgIpc) is 2.52. The van der Waals surface area contributed by atoms with Gasteiger partial charge in [-0.15, -0.1) is 0 Å². The number of aliphatic hydroxyl groups excluding tert-OH is 1. The zero-order valence-electron chi connectivity index (χ0n) is 8.67. The summed E-state index contributed by atoms with van der Waals surface area (Å²) < 4.78 is 5.61. The van der Waals surface area contributed by atoms with Crippen LogP contribution < -0.4 is 0 Å². The molecule has 0 aromatic heterocycles. The summed E-state index contributed by atoms with van der Waals surface area (Å²) in [5, 5.41) is 9.47. The summed E-state index contributed by atoms with van der Waals surface area (Å²) in [7, 11) is 0. The van der Waals surface area contributed by atoms with Crippen molar-refractivity contribution in [3.8, 4) is 0 Å². The predicted molar refractivity (Wildman–Crippen MR) is 53.7 cm³/mol. The molecule has 1 rings (SSSR count). The van der Waals surface area contributed by atoms with Crippen molar-refractivity contribution in [3.05, 3.63) is 0 Å². The van der Waals surface area contributed by atoms with Gasteiger partial charge in [0.1, 0.15) is 0 Å². The van der Waals surface area contributed by atoms with Crippen molar-refractivity contribution in [1.82, 2.24) is 0 Å². The molecule has 0 aromatic carbocycles. The van der Waals surface area contributed by atoms with Gasteiger partial charge < -0.3 is 9.84 Å². The first kappa shape index (κ1) is 11.0. The normalized spacial score (nSPS) is 28.2. The predicted octanol–water partition coefficient (Wildman–Crippen LogP) is 2.50. The topological polar surface area (TPSA) is 29.5 Å². The minimum atomic E-state index is -0.189. The summed E-state index contributed by atoms with van der Waals surface area (Å²) in [5.74, 6) is 0. The molecule has 1 N–H and O–H groups in total. The van der Waals surface area contributed by atoms with E-state index in [1.54, 1.807) is 0 Å². The molecule has 1 fully saturated rings. The van der Waals surface area contributed by atoms with Gasteiger partial charge in [0.25, 0.3) is 0 Å². The Hall–Kier alpha value is -0.0800. The van der Waals surface area contributed by atoms with E-state index in [-0.39, 0.29) is 12.2 Å². The third kappa shape index (κ3) is 4.10. The quantitative estimate of drug-likeness (QED) is 0.646. The zero-order valence-corrected chi connectivity index (χ0v) is 8.67. The van der Waals surface area contributed by atoms with E-state index in [0.29, 0.717) is 0 Å². The minimum absolute atomic E-state index is 0.140. The summed E-state index contributed by atoms with van der Waals surface area (Å²) in [5.41, 5.74) is 0. The van der Waals surface area contributed by atoms with Crippen LogP contribution in [-0.4, -0.2) is 23.9 Å². The Kier molecular flexibility index (Phi) is 5.40. The lowest BCUT2D eigenvalue weighted by Crippen LogP contribution is -2.23.